The summed E-state index contributed by atoms with van der Waals surface area (Å²) in [6.45, 7) is 2.17. The van der Waals surface area contributed by atoms with Crippen molar-refractivity contribution in [3.8, 4) is 22.6 Å². The standard InChI is InChI=1S/C38H24N7.Bi.2H/c1-24-20-21-39-29(22-24)34-35-32(44-30-18-10-8-16-27(30)40-37(44)42(35)25-12-4-2-5-13-25)23-33-36(34)43(26-14-6-3-7-15-26)38-41-28-17-9-11-19-31(28)45(33)38;;;/h2-20,22-23H,1H3;;;. The van der Waals surface area contributed by atoms with Gasteiger partial charge in [0.25, 0.3) is 0 Å². The molecule has 5 aromatic heterocycles. The fourth-order valence-corrected chi connectivity index (χ4v) is 8.70. The van der Waals surface area contributed by atoms with Crippen LogP contribution in [-0.4, -0.2) is 57.6 Å². The summed E-state index contributed by atoms with van der Waals surface area (Å²) in [6.07, 6.45) is 0. The van der Waals surface area contributed by atoms with E-state index in [0.717, 1.165) is 81.7 Å². The second-order valence-electron chi connectivity index (χ2n) is 11.8. The van der Waals surface area contributed by atoms with E-state index in [1.807, 2.05) is 0 Å². The van der Waals surface area contributed by atoms with Gasteiger partial charge in [0, 0.05) is 0 Å². The second kappa shape index (κ2) is 9.59. The first kappa shape index (κ1) is 25.9. The molecule has 0 radical (unpaired) electrons. The van der Waals surface area contributed by atoms with Gasteiger partial charge in [0.2, 0.25) is 0 Å². The number of imidazole rings is 4. The van der Waals surface area contributed by atoms with E-state index in [-0.39, 0.29) is 0 Å². The first-order valence-electron chi connectivity index (χ1n) is 15.3. The Labute approximate surface area is 277 Å². The number of pyridine rings is 1. The van der Waals surface area contributed by atoms with Gasteiger partial charge in [-0.25, -0.2) is 0 Å². The van der Waals surface area contributed by atoms with Crippen LogP contribution >= 0.6 is 0 Å². The summed E-state index contributed by atoms with van der Waals surface area (Å²) < 4.78 is 10.4. The van der Waals surface area contributed by atoms with Crippen LogP contribution in [-0.2, 0) is 0 Å². The van der Waals surface area contributed by atoms with Gasteiger partial charge in [0.05, 0.1) is 0 Å². The molecule has 10 rings (SSSR count). The van der Waals surface area contributed by atoms with Crippen LogP contribution in [0.1, 0.15) is 5.56 Å². The molecule has 0 unspecified atom stereocenters. The fourth-order valence-electron chi connectivity index (χ4n) is 7.14. The number of para-hydroxylation sites is 6. The van der Waals surface area contributed by atoms with Crippen molar-refractivity contribution in [2.24, 2.45) is 0 Å². The van der Waals surface area contributed by atoms with E-state index in [2.05, 4.69) is 152 Å². The van der Waals surface area contributed by atoms with E-state index in [0.29, 0.717) is 24.7 Å². The summed E-state index contributed by atoms with van der Waals surface area (Å²) in [6, 6.07) is 44.7. The van der Waals surface area contributed by atoms with E-state index in [1.165, 1.54) is 5.56 Å². The van der Waals surface area contributed by atoms with Crippen LogP contribution in [0, 0.1) is 6.92 Å². The zero-order chi connectivity index (χ0) is 30.5. The summed E-state index contributed by atoms with van der Waals surface area (Å²) >= 11 is 0.600. The average Bonchev–Trinajstić information content (AvgIpc) is 3.80. The Bertz CT molecular complexity index is 2630. The molecule has 5 heterocycles. The molecule has 10 aromatic rings. The zero-order valence-electron chi connectivity index (χ0n) is 24.8. The van der Waals surface area contributed by atoms with Crippen LogP contribution in [0.5, 0.6) is 0 Å². The number of aromatic nitrogens is 7. The molecule has 0 fully saturated rings. The molecule has 0 aliphatic rings. The van der Waals surface area contributed by atoms with Gasteiger partial charge in [-0.1, -0.05) is 0 Å². The Morgan fingerprint density at radius 2 is 0.978 bits per heavy atom. The van der Waals surface area contributed by atoms with Crippen molar-refractivity contribution < 1.29 is 0 Å². The molecular formula is C38H26BiN7. The number of rotatable bonds is 3. The average molecular weight is 790 g/mol. The Morgan fingerprint density at radius 1 is 0.500 bits per heavy atom. The number of fused-ring (bicyclic) bond motifs is 10. The van der Waals surface area contributed by atoms with E-state index in [4.69, 9.17) is 15.0 Å². The van der Waals surface area contributed by atoms with E-state index in [1.54, 1.807) is 0 Å². The third-order valence-corrected chi connectivity index (χ3v) is 10.1. The Morgan fingerprint density at radius 3 is 1.48 bits per heavy atom. The maximum atomic E-state index is 5.30. The minimum atomic E-state index is 0.600. The van der Waals surface area contributed by atoms with Gasteiger partial charge in [-0.15, -0.1) is 0 Å². The summed E-state index contributed by atoms with van der Waals surface area (Å²) in [7, 11) is 0. The molecule has 0 atom stereocenters. The van der Waals surface area contributed by atoms with Gasteiger partial charge in [-0.2, -0.15) is 0 Å². The molecule has 8 heteroatoms. The van der Waals surface area contributed by atoms with Crippen LogP contribution in [0.4, 0.5) is 0 Å². The van der Waals surface area contributed by atoms with Crippen LogP contribution < -0.4 is 3.40 Å². The summed E-state index contributed by atoms with van der Waals surface area (Å²) in [5.74, 6) is 1.74. The predicted molar refractivity (Wildman–Crippen MR) is 189 cm³/mol. The van der Waals surface area contributed by atoms with Crippen LogP contribution in [0.2, 0.25) is 0 Å². The quantitative estimate of drug-likeness (QED) is 0.185. The summed E-state index contributed by atoms with van der Waals surface area (Å²) in [4.78, 5) is 15.8. The third kappa shape index (κ3) is 3.53. The Balaban J connectivity index is 1.56. The minimum absolute atomic E-state index is 0.600. The molecule has 0 aliphatic heterocycles. The van der Waals surface area contributed by atoms with E-state index in [9.17, 15) is 0 Å². The van der Waals surface area contributed by atoms with Crippen molar-refractivity contribution in [2.45, 2.75) is 6.92 Å². The third-order valence-electron chi connectivity index (χ3n) is 8.92. The number of nitrogens with zero attached hydrogens (tertiary/aromatic N) is 7. The van der Waals surface area contributed by atoms with Crippen LogP contribution in [0.15, 0.2) is 127 Å². The molecule has 0 saturated carbocycles. The Kier molecular flexibility index (Phi) is 5.41. The van der Waals surface area contributed by atoms with Crippen LogP contribution in [0.3, 0.4) is 0 Å². The zero-order valence-corrected chi connectivity index (χ0v) is 29.3. The SMILES string of the molecule is Cc1c[c]([BiH2])nc(-c2c3c(cc4c2n(-c2ccccc2)c2nc5ccccc5n42)n2c4ccccc4nc2n3-c2ccccc2)c1. The number of aryl methyl sites for hydroxylation is 1. The monoisotopic (exact) mass is 789 g/mol. The molecule has 0 bridgehead atoms. The predicted octanol–water partition coefficient (Wildman–Crippen LogP) is 6.81. The normalized spacial score (nSPS) is 12.1. The first-order chi connectivity index (χ1) is 22.7. The van der Waals surface area contributed by atoms with Gasteiger partial charge in [0.1, 0.15) is 0 Å². The van der Waals surface area contributed by atoms with Gasteiger partial charge < -0.3 is 0 Å². The van der Waals surface area contributed by atoms with Crippen molar-refractivity contribution in [1.82, 2.24) is 32.9 Å². The van der Waals surface area contributed by atoms with E-state index >= 15 is 0 Å². The molecule has 0 N–H and O–H groups in total. The van der Waals surface area contributed by atoms with Crippen molar-refractivity contribution in [3.05, 3.63) is 133 Å². The van der Waals surface area contributed by atoms with Crippen molar-refractivity contribution in [3.63, 3.8) is 0 Å². The van der Waals surface area contributed by atoms with Crippen molar-refractivity contribution in [1.29, 1.82) is 0 Å². The number of hydrogen-bond acceptors (Lipinski definition) is 3. The summed E-state index contributed by atoms with van der Waals surface area (Å²) in [5, 5.41) is 0. The van der Waals surface area contributed by atoms with Crippen molar-refractivity contribution in [2.75, 3.05) is 0 Å². The number of benzene rings is 5. The van der Waals surface area contributed by atoms with Gasteiger partial charge in [-0.3, -0.25) is 0 Å². The first-order valence-corrected chi connectivity index (χ1v) is 17.5. The summed E-state index contributed by atoms with van der Waals surface area (Å²) in [5.41, 5.74) is 13.7. The molecule has 5 aromatic carbocycles. The van der Waals surface area contributed by atoms with Gasteiger partial charge >= 0.3 is 279 Å². The molecule has 46 heavy (non-hydrogen) atoms. The molecule has 0 amide bonds. The molecule has 0 aliphatic carbocycles. The van der Waals surface area contributed by atoms with Gasteiger partial charge in [0.15, 0.2) is 0 Å². The van der Waals surface area contributed by atoms with E-state index < -0.39 is 0 Å². The fraction of sp³-hybridized carbons (Fsp3) is 0.0263. The van der Waals surface area contributed by atoms with Crippen LogP contribution in [0.25, 0.3) is 78.3 Å². The second-order valence-corrected chi connectivity index (χ2v) is 14.1. The molecule has 0 spiro atoms. The topological polar surface area (TPSA) is 57.4 Å². The number of hydrogen-bond donors (Lipinski definition) is 0. The molecule has 7 nitrogen and oxygen atoms in total. The maximum absolute atomic E-state index is 5.30. The molecule has 218 valence electrons. The Hall–Kier alpha value is -5.33. The van der Waals surface area contributed by atoms with Gasteiger partial charge in [-0.05, 0) is 0 Å². The molecule has 0 saturated heterocycles. The molecular weight excluding hydrogens is 763 g/mol. The van der Waals surface area contributed by atoms with Crippen molar-refractivity contribution >= 4 is 83.8 Å².